The van der Waals surface area contributed by atoms with E-state index in [1.807, 2.05) is 0 Å². The van der Waals surface area contributed by atoms with Gasteiger partial charge in [-0.1, -0.05) is 0 Å². The summed E-state index contributed by atoms with van der Waals surface area (Å²) < 4.78 is 61.3. The molecule has 0 bridgehead atoms. The molecule has 0 N–H and O–H groups in total. The van der Waals surface area contributed by atoms with Gasteiger partial charge in [0, 0.05) is 6.92 Å². The second-order valence-corrected chi connectivity index (χ2v) is 2.75. The fourth-order valence-electron chi connectivity index (χ4n) is 0.621. The van der Waals surface area contributed by atoms with E-state index in [9.17, 15) is 22.4 Å². The van der Waals surface area contributed by atoms with Gasteiger partial charge in [-0.15, -0.1) is 0 Å². The molecule has 0 fully saturated rings. The highest BCUT2D eigenvalue weighted by Crippen LogP contribution is 2.35. The Kier molecular flexibility index (Phi) is 2.89. The summed E-state index contributed by atoms with van der Waals surface area (Å²) in [6.07, 6.45) is -3.94. The van der Waals surface area contributed by atoms with Crippen molar-refractivity contribution < 1.29 is 31.1 Å². The zero-order valence-electron chi connectivity index (χ0n) is 7.43. The van der Waals surface area contributed by atoms with E-state index < -0.39 is 30.2 Å². The van der Waals surface area contributed by atoms with E-state index in [2.05, 4.69) is 13.6 Å². The highest BCUT2D eigenvalue weighted by molar-refractivity contribution is 4.83. The normalized spacial score (nSPS) is 13.1. The SMILES string of the molecule is CC(F)(F)C(F)(F)OCc1coc(=O)o1. The number of hydrogen-bond acceptors (Lipinski definition) is 4. The van der Waals surface area contributed by atoms with Crippen LogP contribution in [0.1, 0.15) is 12.7 Å². The van der Waals surface area contributed by atoms with E-state index in [0.29, 0.717) is 6.26 Å². The maximum Gasteiger partial charge on any atom is 0.518 e. The van der Waals surface area contributed by atoms with E-state index >= 15 is 0 Å². The monoisotopic (exact) mass is 230 g/mol. The van der Waals surface area contributed by atoms with E-state index in [-0.39, 0.29) is 6.92 Å². The van der Waals surface area contributed by atoms with Crippen LogP contribution >= 0.6 is 0 Å². The molecule has 1 aromatic rings. The Labute approximate surface area is 80.4 Å². The smallest absolute Gasteiger partial charge is 0.399 e. The summed E-state index contributed by atoms with van der Waals surface area (Å²) in [6.45, 7) is -0.972. The van der Waals surface area contributed by atoms with Crippen LogP contribution in [0, 0.1) is 0 Å². The molecule has 8 heteroatoms. The fourth-order valence-corrected chi connectivity index (χ4v) is 0.621. The van der Waals surface area contributed by atoms with Gasteiger partial charge in [-0.3, -0.25) is 0 Å². The molecule has 0 atom stereocenters. The molecule has 0 aromatic carbocycles. The summed E-state index contributed by atoms with van der Waals surface area (Å²) in [4.78, 5) is 10.3. The Hall–Kier alpha value is -1.31. The molecule has 15 heavy (non-hydrogen) atoms. The Bertz CT molecular complexity index is 375. The molecule has 0 aliphatic carbocycles. The highest BCUT2D eigenvalue weighted by atomic mass is 19.3. The molecule has 0 aliphatic heterocycles. The molecule has 86 valence electrons. The Morgan fingerprint density at radius 3 is 2.40 bits per heavy atom. The maximum absolute atomic E-state index is 12.5. The van der Waals surface area contributed by atoms with Crippen molar-refractivity contribution in [2.45, 2.75) is 25.6 Å². The lowest BCUT2D eigenvalue weighted by atomic mass is 10.3. The minimum atomic E-state index is -4.64. The van der Waals surface area contributed by atoms with Gasteiger partial charge in [0.25, 0.3) is 0 Å². The fraction of sp³-hybridized carbons (Fsp3) is 0.571. The van der Waals surface area contributed by atoms with Crippen molar-refractivity contribution in [1.82, 2.24) is 0 Å². The molecule has 1 heterocycles. The van der Waals surface area contributed by atoms with E-state index in [1.54, 1.807) is 0 Å². The van der Waals surface area contributed by atoms with Crippen LogP contribution in [0.15, 0.2) is 19.9 Å². The predicted molar refractivity (Wildman–Crippen MR) is 37.6 cm³/mol. The Morgan fingerprint density at radius 2 is 2.00 bits per heavy atom. The van der Waals surface area contributed by atoms with Gasteiger partial charge in [0.1, 0.15) is 12.9 Å². The summed E-state index contributed by atoms with van der Waals surface area (Å²) in [6, 6.07) is 0. The predicted octanol–water partition coefficient (Wildman–Crippen LogP) is 2.00. The molecule has 0 amide bonds. The lowest BCUT2D eigenvalue weighted by Crippen LogP contribution is -2.39. The zero-order valence-corrected chi connectivity index (χ0v) is 7.43. The lowest BCUT2D eigenvalue weighted by molar-refractivity contribution is -0.346. The Morgan fingerprint density at radius 1 is 1.40 bits per heavy atom. The van der Waals surface area contributed by atoms with Crippen molar-refractivity contribution in [3.63, 3.8) is 0 Å². The molecule has 0 unspecified atom stereocenters. The molecule has 4 nitrogen and oxygen atoms in total. The van der Waals surface area contributed by atoms with E-state index in [4.69, 9.17) is 0 Å². The van der Waals surface area contributed by atoms with Gasteiger partial charge in [0.2, 0.25) is 0 Å². The average molecular weight is 230 g/mol. The quantitative estimate of drug-likeness (QED) is 0.742. The third-order valence-corrected chi connectivity index (χ3v) is 1.41. The van der Waals surface area contributed by atoms with Crippen LogP contribution < -0.4 is 5.82 Å². The summed E-state index contributed by atoms with van der Waals surface area (Å²) in [5, 5.41) is 0. The van der Waals surface area contributed by atoms with Crippen molar-refractivity contribution in [2.24, 2.45) is 0 Å². The van der Waals surface area contributed by atoms with Gasteiger partial charge in [0.15, 0.2) is 5.76 Å². The van der Waals surface area contributed by atoms with Crippen molar-refractivity contribution in [3.05, 3.63) is 22.6 Å². The van der Waals surface area contributed by atoms with Crippen LogP contribution in [0.4, 0.5) is 17.6 Å². The van der Waals surface area contributed by atoms with Gasteiger partial charge in [-0.2, -0.15) is 17.6 Å². The van der Waals surface area contributed by atoms with Crippen LogP contribution in [0.25, 0.3) is 0 Å². The molecular weight excluding hydrogens is 224 g/mol. The highest BCUT2D eigenvalue weighted by Gasteiger charge is 2.54. The number of rotatable bonds is 4. The maximum atomic E-state index is 12.5. The minimum absolute atomic E-state index is 0.0124. The number of halogens is 4. The van der Waals surface area contributed by atoms with Gasteiger partial charge >= 0.3 is 17.9 Å². The lowest BCUT2D eigenvalue weighted by Gasteiger charge is -2.21. The number of alkyl halides is 4. The van der Waals surface area contributed by atoms with Crippen LogP contribution in [0.5, 0.6) is 0 Å². The van der Waals surface area contributed by atoms with Crippen LogP contribution in [-0.2, 0) is 11.3 Å². The molecule has 0 radical (unpaired) electrons. The van der Waals surface area contributed by atoms with Crippen molar-refractivity contribution in [3.8, 4) is 0 Å². The van der Waals surface area contributed by atoms with Crippen LogP contribution in [0.2, 0.25) is 0 Å². The summed E-state index contributed by atoms with van der Waals surface area (Å²) in [7, 11) is 0. The van der Waals surface area contributed by atoms with Gasteiger partial charge in [-0.05, 0) is 0 Å². The molecule has 1 aromatic heterocycles. The first-order valence-electron chi connectivity index (χ1n) is 3.69. The second-order valence-electron chi connectivity index (χ2n) is 2.75. The third kappa shape index (κ3) is 2.82. The first kappa shape index (κ1) is 11.8. The number of ether oxygens (including phenoxy) is 1. The van der Waals surface area contributed by atoms with Crippen LogP contribution in [0.3, 0.4) is 0 Å². The molecule has 0 aliphatic rings. The minimum Gasteiger partial charge on any atom is -0.399 e. The first-order valence-corrected chi connectivity index (χ1v) is 3.69. The molecule has 0 saturated carbocycles. The van der Waals surface area contributed by atoms with Gasteiger partial charge in [-0.25, -0.2) is 4.79 Å². The van der Waals surface area contributed by atoms with Crippen molar-refractivity contribution in [2.75, 3.05) is 0 Å². The molecule has 0 saturated heterocycles. The largest absolute Gasteiger partial charge is 0.518 e. The van der Waals surface area contributed by atoms with Gasteiger partial charge < -0.3 is 13.6 Å². The van der Waals surface area contributed by atoms with Crippen molar-refractivity contribution in [1.29, 1.82) is 0 Å². The third-order valence-electron chi connectivity index (χ3n) is 1.41. The zero-order chi connectivity index (χ0) is 11.7. The topological polar surface area (TPSA) is 52.6 Å². The standard InChI is InChI=1S/C7H6F4O4/c1-6(8,9)7(10,11)14-3-4-2-13-5(12)15-4/h2H,3H2,1H3. The molecule has 1 rings (SSSR count). The van der Waals surface area contributed by atoms with Gasteiger partial charge in [0.05, 0.1) is 0 Å². The summed E-state index contributed by atoms with van der Waals surface area (Å²) in [5.41, 5.74) is 0. The summed E-state index contributed by atoms with van der Waals surface area (Å²) >= 11 is 0. The molecule has 0 spiro atoms. The van der Waals surface area contributed by atoms with E-state index in [1.165, 1.54) is 0 Å². The summed E-state index contributed by atoms with van der Waals surface area (Å²) in [5.74, 6) is -5.85. The van der Waals surface area contributed by atoms with Crippen molar-refractivity contribution >= 4 is 0 Å². The first-order chi connectivity index (χ1) is 6.72. The second kappa shape index (κ2) is 3.69. The van der Waals surface area contributed by atoms with Crippen LogP contribution in [-0.4, -0.2) is 12.0 Å². The van der Waals surface area contributed by atoms with E-state index in [0.717, 1.165) is 0 Å². The number of hydrogen-bond donors (Lipinski definition) is 0. The molecular formula is C7H6F4O4. The average Bonchev–Trinajstić information content (AvgIpc) is 2.46. The Balaban J connectivity index is 2.61.